The standard InChI is InChI=1S/C20H24N6O4/c27-19(23-8-2-1-3-9-23)15-6-10-24(11-7-15)20(28)16-4-5-17(18(12-16)26(29)30)25-14-21-13-22-25/h4-5,12-15H,1-3,6-11H2. The molecule has 2 aliphatic heterocycles. The highest BCUT2D eigenvalue weighted by Gasteiger charge is 2.31. The molecule has 10 nitrogen and oxygen atoms in total. The number of nitro benzene ring substituents is 1. The number of benzene rings is 1. The molecule has 158 valence electrons. The smallest absolute Gasteiger partial charge is 0.295 e. The second kappa shape index (κ2) is 8.60. The predicted molar refractivity (Wildman–Crippen MR) is 107 cm³/mol. The Morgan fingerprint density at radius 1 is 1.03 bits per heavy atom. The van der Waals surface area contributed by atoms with Crippen LogP contribution < -0.4 is 0 Å². The number of aromatic nitrogens is 3. The molecule has 2 fully saturated rings. The molecule has 0 saturated carbocycles. The number of piperidine rings is 2. The molecule has 10 heteroatoms. The van der Waals surface area contributed by atoms with E-state index < -0.39 is 4.92 Å². The van der Waals surface area contributed by atoms with Gasteiger partial charge in [0.15, 0.2) is 0 Å². The maximum Gasteiger partial charge on any atom is 0.295 e. The molecule has 2 aromatic rings. The molecule has 0 unspecified atom stereocenters. The lowest BCUT2D eigenvalue weighted by molar-refractivity contribution is -0.384. The number of hydrogen-bond donors (Lipinski definition) is 0. The van der Waals surface area contributed by atoms with E-state index in [1.54, 1.807) is 11.0 Å². The fraction of sp³-hybridized carbons (Fsp3) is 0.500. The molecule has 0 bridgehead atoms. The van der Waals surface area contributed by atoms with Crippen LogP contribution in [0, 0.1) is 16.0 Å². The monoisotopic (exact) mass is 412 g/mol. The molecule has 2 saturated heterocycles. The van der Waals surface area contributed by atoms with Gasteiger partial charge in [0.1, 0.15) is 18.3 Å². The third-order valence-electron chi connectivity index (χ3n) is 5.88. The molecule has 0 aliphatic carbocycles. The van der Waals surface area contributed by atoms with Crippen LogP contribution in [0.5, 0.6) is 0 Å². The minimum atomic E-state index is -0.530. The van der Waals surface area contributed by atoms with E-state index >= 15 is 0 Å². The first-order chi connectivity index (χ1) is 14.5. The predicted octanol–water partition coefficient (Wildman–Crippen LogP) is 2.04. The van der Waals surface area contributed by atoms with Gasteiger partial charge in [0.25, 0.3) is 11.6 Å². The highest BCUT2D eigenvalue weighted by Crippen LogP contribution is 2.26. The maximum absolute atomic E-state index is 12.9. The Hall–Kier alpha value is -3.30. The molecule has 0 spiro atoms. The maximum atomic E-state index is 12.9. The van der Waals surface area contributed by atoms with Crippen LogP contribution in [0.3, 0.4) is 0 Å². The first-order valence-electron chi connectivity index (χ1n) is 10.3. The van der Waals surface area contributed by atoms with Gasteiger partial charge in [0, 0.05) is 43.7 Å². The van der Waals surface area contributed by atoms with Crippen LogP contribution in [0.15, 0.2) is 30.9 Å². The molecule has 30 heavy (non-hydrogen) atoms. The third-order valence-corrected chi connectivity index (χ3v) is 5.88. The molecule has 2 aliphatic rings. The zero-order valence-corrected chi connectivity index (χ0v) is 16.6. The molecular weight excluding hydrogens is 388 g/mol. The summed E-state index contributed by atoms with van der Waals surface area (Å²) in [6.07, 6.45) is 7.21. The number of likely N-dealkylation sites (tertiary alicyclic amines) is 2. The summed E-state index contributed by atoms with van der Waals surface area (Å²) in [4.78, 5) is 44.0. The number of carbonyl (C=O) groups is 2. The molecular formula is C20H24N6O4. The van der Waals surface area contributed by atoms with Crippen molar-refractivity contribution < 1.29 is 14.5 Å². The van der Waals surface area contributed by atoms with Crippen LogP contribution in [0.25, 0.3) is 5.69 Å². The molecule has 1 aromatic carbocycles. The van der Waals surface area contributed by atoms with Crippen molar-refractivity contribution in [3.05, 3.63) is 46.5 Å². The van der Waals surface area contributed by atoms with Crippen LogP contribution in [-0.4, -0.2) is 67.5 Å². The van der Waals surface area contributed by atoms with Gasteiger partial charge in [-0.15, -0.1) is 0 Å². The zero-order valence-electron chi connectivity index (χ0n) is 16.6. The Morgan fingerprint density at radius 2 is 1.77 bits per heavy atom. The van der Waals surface area contributed by atoms with Crippen molar-refractivity contribution in [1.29, 1.82) is 0 Å². The molecule has 0 radical (unpaired) electrons. The van der Waals surface area contributed by atoms with Gasteiger partial charge in [-0.25, -0.2) is 9.67 Å². The van der Waals surface area contributed by atoms with Crippen molar-refractivity contribution in [2.24, 2.45) is 5.92 Å². The van der Waals surface area contributed by atoms with Gasteiger partial charge < -0.3 is 9.80 Å². The molecule has 3 heterocycles. The summed E-state index contributed by atoms with van der Waals surface area (Å²) >= 11 is 0. The van der Waals surface area contributed by atoms with Crippen molar-refractivity contribution in [2.75, 3.05) is 26.2 Å². The van der Waals surface area contributed by atoms with E-state index in [-0.39, 0.29) is 34.7 Å². The van der Waals surface area contributed by atoms with Gasteiger partial charge in [-0.2, -0.15) is 5.10 Å². The average molecular weight is 412 g/mol. The van der Waals surface area contributed by atoms with E-state index in [0.29, 0.717) is 25.9 Å². The van der Waals surface area contributed by atoms with Gasteiger partial charge in [-0.05, 0) is 44.2 Å². The zero-order chi connectivity index (χ0) is 21.1. The summed E-state index contributed by atoms with van der Waals surface area (Å²) in [5, 5.41) is 15.4. The minimum absolute atomic E-state index is 0.0452. The molecule has 0 atom stereocenters. The Balaban J connectivity index is 1.43. The lowest BCUT2D eigenvalue weighted by Crippen LogP contribution is -2.45. The van der Waals surface area contributed by atoms with Gasteiger partial charge in [0.2, 0.25) is 5.91 Å². The van der Waals surface area contributed by atoms with E-state index in [9.17, 15) is 19.7 Å². The second-order valence-electron chi connectivity index (χ2n) is 7.75. The fourth-order valence-electron chi connectivity index (χ4n) is 4.21. The van der Waals surface area contributed by atoms with Crippen LogP contribution in [-0.2, 0) is 4.79 Å². The van der Waals surface area contributed by atoms with Crippen molar-refractivity contribution in [2.45, 2.75) is 32.1 Å². The lowest BCUT2D eigenvalue weighted by Gasteiger charge is -2.35. The summed E-state index contributed by atoms with van der Waals surface area (Å²) in [7, 11) is 0. The van der Waals surface area contributed by atoms with Crippen LogP contribution in [0.4, 0.5) is 5.69 Å². The largest absolute Gasteiger partial charge is 0.342 e. The molecule has 4 rings (SSSR count). The van der Waals surface area contributed by atoms with Crippen molar-refractivity contribution >= 4 is 17.5 Å². The Labute approximate surface area is 173 Å². The van der Waals surface area contributed by atoms with Crippen molar-refractivity contribution in [3.8, 4) is 5.69 Å². The highest BCUT2D eigenvalue weighted by atomic mass is 16.6. The van der Waals surface area contributed by atoms with Crippen LogP contribution in [0.1, 0.15) is 42.5 Å². The Morgan fingerprint density at radius 3 is 2.40 bits per heavy atom. The third kappa shape index (κ3) is 4.03. The number of rotatable bonds is 4. The van der Waals surface area contributed by atoms with E-state index in [4.69, 9.17) is 0 Å². The van der Waals surface area contributed by atoms with Gasteiger partial charge in [0.05, 0.1) is 4.92 Å². The van der Waals surface area contributed by atoms with Gasteiger partial charge in [-0.1, -0.05) is 0 Å². The normalized spacial score (nSPS) is 17.7. The summed E-state index contributed by atoms with van der Waals surface area (Å²) in [6, 6.07) is 4.36. The Bertz CT molecular complexity index is 931. The Kier molecular flexibility index (Phi) is 5.73. The van der Waals surface area contributed by atoms with E-state index in [2.05, 4.69) is 10.1 Å². The summed E-state index contributed by atoms with van der Waals surface area (Å²) in [6.45, 7) is 2.61. The first kappa shape index (κ1) is 20.0. The summed E-state index contributed by atoms with van der Waals surface area (Å²) < 4.78 is 1.30. The van der Waals surface area contributed by atoms with Crippen molar-refractivity contribution in [3.63, 3.8) is 0 Å². The van der Waals surface area contributed by atoms with Gasteiger partial charge in [-0.3, -0.25) is 19.7 Å². The van der Waals surface area contributed by atoms with Crippen molar-refractivity contribution in [1.82, 2.24) is 24.6 Å². The highest BCUT2D eigenvalue weighted by molar-refractivity contribution is 5.95. The molecule has 0 N–H and O–H groups in total. The number of nitrogens with zero attached hydrogens (tertiary/aromatic N) is 6. The number of hydrogen-bond acceptors (Lipinski definition) is 6. The minimum Gasteiger partial charge on any atom is -0.342 e. The van der Waals surface area contributed by atoms with Crippen LogP contribution >= 0.6 is 0 Å². The van der Waals surface area contributed by atoms with Gasteiger partial charge >= 0.3 is 0 Å². The number of carbonyl (C=O) groups excluding carboxylic acids is 2. The topological polar surface area (TPSA) is 114 Å². The number of nitro groups is 1. The van der Waals surface area contributed by atoms with E-state index in [0.717, 1.165) is 25.9 Å². The van der Waals surface area contributed by atoms with Crippen LogP contribution in [0.2, 0.25) is 0 Å². The summed E-state index contributed by atoms with van der Waals surface area (Å²) in [5.74, 6) is -0.0992. The molecule has 1 aromatic heterocycles. The first-order valence-corrected chi connectivity index (χ1v) is 10.3. The average Bonchev–Trinajstić information content (AvgIpc) is 3.33. The number of amides is 2. The molecule has 2 amide bonds. The lowest BCUT2D eigenvalue weighted by atomic mass is 9.94. The van der Waals surface area contributed by atoms with E-state index in [1.165, 1.54) is 35.9 Å². The SMILES string of the molecule is O=C(c1ccc(-n2cncn2)c([N+](=O)[O-])c1)N1CCC(C(=O)N2CCCCC2)CC1. The van der Waals surface area contributed by atoms with E-state index in [1.807, 2.05) is 4.90 Å². The second-order valence-corrected chi connectivity index (χ2v) is 7.75. The fourth-order valence-corrected chi connectivity index (χ4v) is 4.21. The quantitative estimate of drug-likeness (QED) is 0.561. The summed E-state index contributed by atoms with van der Waals surface area (Å²) in [5.41, 5.74) is 0.299.